The van der Waals surface area contributed by atoms with Gasteiger partial charge in [-0.2, -0.15) is 0 Å². The summed E-state index contributed by atoms with van der Waals surface area (Å²) in [6, 6.07) is 27.1. The van der Waals surface area contributed by atoms with Gasteiger partial charge in [0.1, 0.15) is 5.75 Å². The van der Waals surface area contributed by atoms with Crippen LogP contribution in [0.25, 0.3) is 11.5 Å². The van der Waals surface area contributed by atoms with E-state index in [0.29, 0.717) is 18.3 Å². The Labute approximate surface area is 151 Å². The van der Waals surface area contributed by atoms with E-state index in [9.17, 15) is 0 Å². The van der Waals surface area contributed by atoms with E-state index in [1.165, 1.54) is 0 Å². The van der Waals surface area contributed by atoms with Crippen LogP contribution in [0, 0.1) is 0 Å². The van der Waals surface area contributed by atoms with Gasteiger partial charge in [-0.15, -0.1) is 10.2 Å². The molecule has 5 nitrogen and oxygen atoms in total. The van der Waals surface area contributed by atoms with E-state index in [-0.39, 0.29) is 0 Å². The third kappa shape index (κ3) is 3.72. The molecule has 0 atom stereocenters. The average molecular weight is 343 g/mol. The molecular formula is C21H17N3O2. The Hall–Kier alpha value is -3.60. The number of aromatic nitrogens is 2. The van der Waals surface area contributed by atoms with Crippen LogP contribution in [0.3, 0.4) is 0 Å². The first kappa shape index (κ1) is 15.9. The molecule has 0 radical (unpaired) electrons. The van der Waals surface area contributed by atoms with Crippen LogP contribution in [0.2, 0.25) is 0 Å². The predicted octanol–water partition coefficient (Wildman–Crippen LogP) is 5.14. The van der Waals surface area contributed by atoms with Gasteiger partial charge >= 0.3 is 0 Å². The number of benzene rings is 3. The van der Waals surface area contributed by atoms with Gasteiger partial charge in [0.2, 0.25) is 11.8 Å². The fraction of sp³-hybridized carbons (Fsp3) is 0.0476. The van der Waals surface area contributed by atoms with Crippen molar-refractivity contribution in [2.45, 2.75) is 6.54 Å². The van der Waals surface area contributed by atoms with Crippen LogP contribution >= 0.6 is 0 Å². The molecule has 0 aliphatic heterocycles. The van der Waals surface area contributed by atoms with Crippen molar-refractivity contribution in [3.05, 3.63) is 90.8 Å². The smallest absolute Gasteiger partial charge is 0.247 e. The highest BCUT2D eigenvalue weighted by atomic mass is 16.5. The summed E-state index contributed by atoms with van der Waals surface area (Å²) in [5.41, 5.74) is 1.76. The fourth-order valence-corrected chi connectivity index (χ4v) is 2.51. The molecule has 3 aromatic carbocycles. The summed E-state index contributed by atoms with van der Waals surface area (Å²) in [5.74, 6) is 2.54. The molecule has 128 valence electrons. The van der Waals surface area contributed by atoms with Gasteiger partial charge in [-0.3, -0.25) is 0 Å². The number of hydrogen-bond acceptors (Lipinski definition) is 5. The van der Waals surface area contributed by atoms with Crippen LogP contribution in [0.5, 0.6) is 11.5 Å². The van der Waals surface area contributed by atoms with Crippen molar-refractivity contribution in [2.24, 2.45) is 0 Å². The first-order valence-electron chi connectivity index (χ1n) is 8.32. The topological polar surface area (TPSA) is 60.2 Å². The van der Waals surface area contributed by atoms with Gasteiger partial charge in [-0.25, -0.2) is 0 Å². The number of nitrogens with one attached hydrogen (secondary N) is 1. The average Bonchev–Trinajstić information content (AvgIpc) is 3.18. The summed E-state index contributed by atoms with van der Waals surface area (Å²) in [4.78, 5) is 0. The molecule has 1 N–H and O–H groups in total. The van der Waals surface area contributed by atoms with Crippen LogP contribution in [0.15, 0.2) is 89.3 Å². The highest BCUT2D eigenvalue weighted by molar-refractivity contribution is 5.57. The molecule has 0 aliphatic rings. The molecule has 1 aromatic heterocycles. The van der Waals surface area contributed by atoms with Crippen LogP contribution in [-0.4, -0.2) is 10.2 Å². The van der Waals surface area contributed by atoms with Crippen LogP contribution in [-0.2, 0) is 6.54 Å². The van der Waals surface area contributed by atoms with E-state index in [4.69, 9.17) is 9.15 Å². The molecule has 0 bridgehead atoms. The van der Waals surface area contributed by atoms with Crippen LogP contribution in [0.1, 0.15) is 5.89 Å². The molecular weight excluding hydrogens is 326 g/mol. The van der Waals surface area contributed by atoms with Gasteiger partial charge in [0.25, 0.3) is 0 Å². The number of rotatable bonds is 6. The van der Waals surface area contributed by atoms with E-state index in [0.717, 1.165) is 22.7 Å². The number of para-hydroxylation sites is 3. The minimum atomic E-state index is 0.412. The van der Waals surface area contributed by atoms with Crippen molar-refractivity contribution in [1.82, 2.24) is 10.2 Å². The zero-order chi connectivity index (χ0) is 17.6. The molecule has 4 rings (SSSR count). The van der Waals surface area contributed by atoms with Crippen LogP contribution in [0.4, 0.5) is 5.69 Å². The largest absolute Gasteiger partial charge is 0.455 e. The standard InChI is InChI=1S/C21H17N3O2/c1-3-9-16(10-4-1)21-24-23-20(26-21)15-22-18-13-7-8-14-19(18)25-17-11-5-2-6-12-17/h1-14,22H,15H2. The maximum atomic E-state index is 5.94. The maximum absolute atomic E-state index is 5.94. The highest BCUT2D eigenvalue weighted by Crippen LogP contribution is 2.29. The summed E-state index contributed by atoms with van der Waals surface area (Å²) < 4.78 is 11.7. The maximum Gasteiger partial charge on any atom is 0.247 e. The van der Waals surface area contributed by atoms with E-state index in [2.05, 4.69) is 15.5 Å². The van der Waals surface area contributed by atoms with Gasteiger partial charge in [0.15, 0.2) is 5.75 Å². The Balaban J connectivity index is 1.46. The summed E-state index contributed by atoms with van der Waals surface area (Å²) in [6.07, 6.45) is 0. The lowest BCUT2D eigenvalue weighted by molar-refractivity contribution is 0.483. The van der Waals surface area contributed by atoms with Gasteiger partial charge in [0.05, 0.1) is 12.2 Å². The molecule has 0 saturated carbocycles. The SMILES string of the molecule is c1ccc(Oc2ccccc2NCc2nnc(-c3ccccc3)o2)cc1. The number of hydrogen-bond donors (Lipinski definition) is 1. The second-order valence-electron chi connectivity index (χ2n) is 5.63. The molecule has 1 heterocycles. The molecule has 0 unspecified atom stereocenters. The van der Waals surface area contributed by atoms with E-state index >= 15 is 0 Å². The fourth-order valence-electron chi connectivity index (χ4n) is 2.51. The van der Waals surface area contributed by atoms with Gasteiger partial charge < -0.3 is 14.5 Å². The zero-order valence-electron chi connectivity index (χ0n) is 14.0. The van der Waals surface area contributed by atoms with E-state index in [1.54, 1.807) is 0 Å². The van der Waals surface area contributed by atoms with Crippen molar-refractivity contribution in [1.29, 1.82) is 0 Å². The van der Waals surface area contributed by atoms with Gasteiger partial charge in [-0.05, 0) is 36.4 Å². The molecule has 4 aromatic rings. The van der Waals surface area contributed by atoms with Gasteiger partial charge in [0, 0.05) is 5.56 Å². The second-order valence-corrected chi connectivity index (χ2v) is 5.63. The Morgan fingerprint density at radius 1 is 0.769 bits per heavy atom. The Bertz CT molecular complexity index is 969. The lowest BCUT2D eigenvalue weighted by atomic mass is 10.2. The Morgan fingerprint density at radius 2 is 1.46 bits per heavy atom. The second kappa shape index (κ2) is 7.53. The lowest BCUT2D eigenvalue weighted by Crippen LogP contribution is -2.01. The Morgan fingerprint density at radius 3 is 2.27 bits per heavy atom. The van der Waals surface area contributed by atoms with Gasteiger partial charge in [-0.1, -0.05) is 48.5 Å². The molecule has 5 heteroatoms. The molecule has 0 fully saturated rings. The van der Waals surface area contributed by atoms with Crippen LogP contribution < -0.4 is 10.1 Å². The van der Waals surface area contributed by atoms with Crippen molar-refractivity contribution >= 4 is 5.69 Å². The minimum Gasteiger partial charge on any atom is -0.455 e. The zero-order valence-corrected chi connectivity index (χ0v) is 14.0. The lowest BCUT2D eigenvalue weighted by Gasteiger charge is -2.11. The first-order chi connectivity index (χ1) is 12.9. The van der Waals surface area contributed by atoms with E-state index < -0.39 is 0 Å². The number of ether oxygens (including phenoxy) is 1. The highest BCUT2D eigenvalue weighted by Gasteiger charge is 2.09. The van der Waals surface area contributed by atoms with Crippen molar-refractivity contribution in [3.8, 4) is 23.0 Å². The summed E-state index contributed by atoms with van der Waals surface area (Å²) in [5, 5.41) is 11.5. The number of anilines is 1. The summed E-state index contributed by atoms with van der Waals surface area (Å²) in [7, 11) is 0. The molecule has 0 amide bonds. The number of nitrogens with zero attached hydrogens (tertiary/aromatic N) is 2. The monoisotopic (exact) mass is 343 g/mol. The summed E-state index contributed by atoms with van der Waals surface area (Å²) >= 11 is 0. The Kier molecular flexibility index (Phi) is 4.60. The molecule has 0 spiro atoms. The molecule has 26 heavy (non-hydrogen) atoms. The third-order valence-electron chi connectivity index (χ3n) is 3.78. The third-order valence-corrected chi connectivity index (χ3v) is 3.78. The van der Waals surface area contributed by atoms with Crippen molar-refractivity contribution in [3.63, 3.8) is 0 Å². The molecule has 0 aliphatic carbocycles. The van der Waals surface area contributed by atoms with Crippen molar-refractivity contribution < 1.29 is 9.15 Å². The predicted molar refractivity (Wildman–Crippen MR) is 100 cm³/mol. The molecule has 0 saturated heterocycles. The van der Waals surface area contributed by atoms with E-state index in [1.807, 2.05) is 84.9 Å². The normalized spacial score (nSPS) is 10.5. The first-order valence-corrected chi connectivity index (χ1v) is 8.32. The minimum absolute atomic E-state index is 0.412. The van der Waals surface area contributed by atoms with Crippen molar-refractivity contribution in [2.75, 3.05) is 5.32 Å². The summed E-state index contributed by atoms with van der Waals surface area (Å²) in [6.45, 7) is 0.412. The quantitative estimate of drug-likeness (QED) is 0.525.